The first-order valence-electron chi connectivity index (χ1n) is 11.2. The molecule has 5 nitrogen and oxygen atoms in total. The second-order valence-corrected chi connectivity index (χ2v) is 8.06. The molecular weight excluding hydrogens is 386 g/mol. The summed E-state index contributed by atoms with van der Waals surface area (Å²) in [5.41, 5.74) is 3.74. The van der Waals surface area contributed by atoms with Crippen molar-refractivity contribution >= 4 is 17.2 Å². The third kappa shape index (κ3) is 7.51. The summed E-state index contributed by atoms with van der Waals surface area (Å²) in [6.07, 6.45) is 8.98. The van der Waals surface area contributed by atoms with Gasteiger partial charge in [0, 0.05) is 48.7 Å². The van der Waals surface area contributed by atoms with E-state index in [1.54, 1.807) is 20.1 Å². The van der Waals surface area contributed by atoms with E-state index in [1.807, 2.05) is 24.3 Å². The van der Waals surface area contributed by atoms with E-state index >= 15 is 0 Å². The number of nitrogens with zero attached hydrogens (tertiary/aromatic N) is 2. The number of rotatable bonds is 9. The fourth-order valence-corrected chi connectivity index (χ4v) is 3.52. The minimum Gasteiger partial charge on any atom is -0.497 e. The van der Waals surface area contributed by atoms with Gasteiger partial charge in [-0.1, -0.05) is 19.9 Å². The van der Waals surface area contributed by atoms with Crippen LogP contribution in [0.2, 0.25) is 0 Å². The Bertz CT molecular complexity index is 850. The van der Waals surface area contributed by atoms with Crippen LogP contribution in [0.15, 0.2) is 59.3 Å². The Morgan fingerprint density at radius 2 is 2.03 bits per heavy atom. The number of methoxy groups -OCH3 is 1. The Kier molecular flexibility index (Phi) is 9.73. The van der Waals surface area contributed by atoms with Crippen molar-refractivity contribution in [3.05, 3.63) is 59.8 Å². The van der Waals surface area contributed by atoms with Crippen molar-refractivity contribution in [3.63, 3.8) is 0 Å². The number of ketones is 1. The SMILES string of the molecule is C\C=C(/C=C\C(=N/C(=C\C(C)=O)c1ccc(OC)cc1)C(C)CC)N1CCNC(C)C1. The number of hydrogen-bond donors (Lipinski definition) is 1. The molecule has 0 amide bonds. The summed E-state index contributed by atoms with van der Waals surface area (Å²) in [4.78, 5) is 19.3. The third-order valence-corrected chi connectivity index (χ3v) is 5.55. The molecule has 168 valence electrons. The average molecular weight is 424 g/mol. The van der Waals surface area contributed by atoms with Crippen LogP contribution in [-0.4, -0.2) is 49.2 Å². The summed E-state index contributed by atoms with van der Waals surface area (Å²) in [7, 11) is 1.64. The first-order valence-corrected chi connectivity index (χ1v) is 11.2. The van der Waals surface area contributed by atoms with Gasteiger partial charge in [-0.3, -0.25) is 9.79 Å². The van der Waals surface area contributed by atoms with Crippen LogP contribution in [0.1, 0.15) is 46.6 Å². The van der Waals surface area contributed by atoms with Gasteiger partial charge in [-0.05, 0) is 69.5 Å². The van der Waals surface area contributed by atoms with Crippen LogP contribution >= 0.6 is 0 Å². The van der Waals surface area contributed by atoms with E-state index in [9.17, 15) is 4.79 Å². The fraction of sp³-hybridized carbons (Fsp3) is 0.462. The minimum atomic E-state index is -0.0222. The lowest BCUT2D eigenvalue weighted by Gasteiger charge is -2.34. The van der Waals surface area contributed by atoms with E-state index < -0.39 is 0 Å². The van der Waals surface area contributed by atoms with Crippen molar-refractivity contribution in [3.8, 4) is 5.75 Å². The van der Waals surface area contributed by atoms with Crippen molar-refractivity contribution in [1.29, 1.82) is 0 Å². The van der Waals surface area contributed by atoms with Crippen molar-refractivity contribution < 1.29 is 9.53 Å². The molecule has 5 heteroatoms. The van der Waals surface area contributed by atoms with E-state index in [2.05, 4.69) is 56.1 Å². The van der Waals surface area contributed by atoms with E-state index in [0.29, 0.717) is 11.7 Å². The number of aliphatic imine (C=N–C) groups is 1. The van der Waals surface area contributed by atoms with Gasteiger partial charge >= 0.3 is 0 Å². The Morgan fingerprint density at radius 1 is 1.32 bits per heavy atom. The number of piperazine rings is 1. The minimum absolute atomic E-state index is 0.0222. The molecule has 2 unspecified atom stereocenters. The van der Waals surface area contributed by atoms with E-state index in [4.69, 9.17) is 9.73 Å². The lowest BCUT2D eigenvalue weighted by molar-refractivity contribution is -0.112. The Hall–Kier alpha value is -2.66. The molecule has 1 fully saturated rings. The molecule has 0 aliphatic carbocycles. The molecule has 1 aromatic carbocycles. The smallest absolute Gasteiger partial charge is 0.154 e. The van der Waals surface area contributed by atoms with Gasteiger partial charge in [-0.2, -0.15) is 0 Å². The van der Waals surface area contributed by atoms with Crippen LogP contribution in [0, 0.1) is 5.92 Å². The Balaban J connectivity index is 2.38. The molecule has 1 aliphatic heterocycles. The van der Waals surface area contributed by atoms with Gasteiger partial charge in [-0.25, -0.2) is 0 Å². The van der Waals surface area contributed by atoms with Crippen LogP contribution in [0.4, 0.5) is 0 Å². The normalized spacial score (nSPS) is 19.6. The van der Waals surface area contributed by atoms with E-state index in [0.717, 1.165) is 43.1 Å². The van der Waals surface area contributed by atoms with Crippen LogP contribution in [0.5, 0.6) is 5.75 Å². The molecule has 0 radical (unpaired) electrons. The molecule has 2 atom stereocenters. The van der Waals surface area contributed by atoms with Crippen LogP contribution in [-0.2, 0) is 4.79 Å². The molecule has 1 heterocycles. The molecule has 0 saturated carbocycles. The van der Waals surface area contributed by atoms with Crippen LogP contribution in [0.25, 0.3) is 5.70 Å². The van der Waals surface area contributed by atoms with Gasteiger partial charge in [0.25, 0.3) is 0 Å². The molecule has 0 spiro atoms. The standard InChI is InChI=1S/C26H37N3O2/c1-7-19(3)25(14-11-23(8-2)29-16-15-27-20(4)18-29)28-26(17-21(5)30)22-9-12-24(31-6)13-10-22/h8-14,17,19-20,27H,7,15-16,18H2,1-6H3/b14-11-,23-8+,26-17-,28-25+. The molecular formula is C26H37N3O2. The highest BCUT2D eigenvalue weighted by Crippen LogP contribution is 2.22. The number of carbonyl (C=O) groups excluding carboxylic acids is 1. The van der Waals surface area contributed by atoms with Crippen LogP contribution < -0.4 is 10.1 Å². The molecule has 1 aromatic rings. The second-order valence-electron chi connectivity index (χ2n) is 8.06. The highest BCUT2D eigenvalue weighted by Gasteiger charge is 2.16. The summed E-state index contributed by atoms with van der Waals surface area (Å²) in [5, 5.41) is 3.49. The summed E-state index contributed by atoms with van der Waals surface area (Å²) in [5.74, 6) is 1.02. The van der Waals surface area contributed by atoms with E-state index in [-0.39, 0.29) is 11.7 Å². The van der Waals surface area contributed by atoms with Gasteiger partial charge < -0.3 is 15.0 Å². The molecule has 1 N–H and O–H groups in total. The number of nitrogens with one attached hydrogen (secondary N) is 1. The monoisotopic (exact) mass is 423 g/mol. The zero-order valence-electron chi connectivity index (χ0n) is 19.8. The van der Waals surface area contributed by atoms with Crippen molar-refractivity contribution in [1.82, 2.24) is 10.2 Å². The zero-order chi connectivity index (χ0) is 22.8. The maximum absolute atomic E-state index is 11.9. The predicted octanol–water partition coefficient (Wildman–Crippen LogP) is 4.87. The quantitative estimate of drug-likeness (QED) is 0.350. The third-order valence-electron chi connectivity index (χ3n) is 5.55. The zero-order valence-corrected chi connectivity index (χ0v) is 19.8. The molecule has 31 heavy (non-hydrogen) atoms. The van der Waals surface area contributed by atoms with Gasteiger partial charge in [0.15, 0.2) is 5.78 Å². The summed E-state index contributed by atoms with van der Waals surface area (Å²) in [6, 6.07) is 8.13. The van der Waals surface area contributed by atoms with Gasteiger partial charge in [0.2, 0.25) is 0 Å². The summed E-state index contributed by atoms with van der Waals surface area (Å²) >= 11 is 0. The summed E-state index contributed by atoms with van der Waals surface area (Å²) in [6.45, 7) is 13.1. The van der Waals surface area contributed by atoms with Crippen LogP contribution in [0.3, 0.4) is 0 Å². The van der Waals surface area contributed by atoms with Gasteiger partial charge in [0.1, 0.15) is 5.75 Å². The number of benzene rings is 1. The lowest BCUT2D eigenvalue weighted by Crippen LogP contribution is -2.48. The Morgan fingerprint density at radius 3 is 2.58 bits per heavy atom. The van der Waals surface area contributed by atoms with Crippen molar-refractivity contribution in [2.75, 3.05) is 26.7 Å². The number of carbonyl (C=O) groups is 1. The first kappa shape index (κ1) is 24.6. The number of ether oxygens (including phenoxy) is 1. The maximum atomic E-state index is 11.9. The highest BCUT2D eigenvalue weighted by molar-refractivity contribution is 6.03. The maximum Gasteiger partial charge on any atom is 0.154 e. The lowest BCUT2D eigenvalue weighted by atomic mass is 10.0. The second kappa shape index (κ2) is 12.3. The first-order chi connectivity index (χ1) is 14.9. The topological polar surface area (TPSA) is 53.9 Å². The highest BCUT2D eigenvalue weighted by atomic mass is 16.5. The molecule has 0 aromatic heterocycles. The molecule has 1 aliphatic rings. The number of allylic oxidation sites excluding steroid dienone is 4. The summed E-state index contributed by atoms with van der Waals surface area (Å²) < 4.78 is 5.26. The largest absolute Gasteiger partial charge is 0.497 e. The van der Waals surface area contributed by atoms with Crippen molar-refractivity contribution in [2.45, 2.75) is 47.1 Å². The molecule has 1 saturated heterocycles. The fourth-order valence-electron chi connectivity index (χ4n) is 3.52. The number of hydrogen-bond acceptors (Lipinski definition) is 5. The molecule has 0 bridgehead atoms. The average Bonchev–Trinajstić information content (AvgIpc) is 2.77. The van der Waals surface area contributed by atoms with Gasteiger partial charge in [-0.15, -0.1) is 0 Å². The van der Waals surface area contributed by atoms with Crippen molar-refractivity contribution in [2.24, 2.45) is 10.9 Å². The Labute approximate surface area is 187 Å². The predicted molar refractivity (Wildman–Crippen MR) is 130 cm³/mol. The molecule has 2 rings (SSSR count). The van der Waals surface area contributed by atoms with Gasteiger partial charge in [0.05, 0.1) is 12.8 Å². The van der Waals surface area contributed by atoms with E-state index in [1.165, 1.54) is 5.70 Å².